The van der Waals surface area contributed by atoms with Gasteiger partial charge in [-0.25, -0.2) is 13.6 Å². The number of ether oxygens (including phenoxy) is 2. The van der Waals surface area contributed by atoms with Gasteiger partial charge in [0.25, 0.3) is 0 Å². The summed E-state index contributed by atoms with van der Waals surface area (Å²) in [7, 11) is -2.09. The average Bonchev–Trinajstić information content (AvgIpc) is 2.58. The molecule has 0 unspecified atom stereocenters. The van der Waals surface area contributed by atoms with Crippen molar-refractivity contribution in [3.63, 3.8) is 0 Å². The molecule has 0 aromatic heterocycles. The normalized spacial score (nSPS) is 11.2. The van der Waals surface area contributed by atoms with E-state index in [-0.39, 0.29) is 4.90 Å². The number of benzene rings is 2. The van der Waals surface area contributed by atoms with Crippen LogP contribution in [0.1, 0.15) is 18.9 Å². The second-order valence-electron chi connectivity index (χ2n) is 5.33. The van der Waals surface area contributed by atoms with Crippen LogP contribution in [0, 0.1) is 0 Å². The van der Waals surface area contributed by atoms with Crippen molar-refractivity contribution < 1.29 is 17.9 Å². The lowest BCUT2D eigenvalue weighted by atomic mass is 10.1. The second kappa shape index (κ2) is 8.55. The molecule has 3 N–H and O–H groups in total. The zero-order valence-corrected chi connectivity index (χ0v) is 16.5. The molecule has 25 heavy (non-hydrogen) atoms. The average molecular weight is 429 g/mol. The highest BCUT2D eigenvalue weighted by Gasteiger charge is 2.14. The molecule has 0 aliphatic carbocycles. The van der Waals surface area contributed by atoms with Crippen molar-refractivity contribution in [3.8, 4) is 11.5 Å². The molecule has 136 valence electrons. The van der Waals surface area contributed by atoms with Crippen molar-refractivity contribution in [2.75, 3.05) is 19.0 Å². The molecule has 8 heteroatoms. The SMILES string of the molecule is CCCOc1c(OC)ccc(Br)c1CNc1ccc(S(N)(=O)=O)cc1. The lowest BCUT2D eigenvalue weighted by Crippen LogP contribution is -2.12. The van der Waals surface area contributed by atoms with Crippen LogP contribution in [0.15, 0.2) is 45.8 Å². The first-order chi connectivity index (χ1) is 11.9. The van der Waals surface area contributed by atoms with E-state index in [0.29, 0.717) is 24.7 Å². The van der Waals surface area contributed by atoms with Crippen molar-refractivity contribution in [2.45, 2.75) is 24.8 Å². The molecule has 0 saturated carbocycles. The van der Waals surface area contributed by atoms with Gasteiger partial charge in [-0.05, 0) is 42.8 Å². The first kappa shape index (κ1) is 19.6. The molecule has 0 amide bonds. The Bertz CT molecular complexity index is 823. The molecule has 2 aromatic rings. The van der Waals surface area contributed by atoms with Gasteiger partial charge in [-0.1, -0.05) is 22.9 Å². The van der Waals surface area contributed by atoms with Gasteiger partial charge in [0.2, 0.25) is 10.0 Å². The summed E-state index contributed by atoms with van der Waals surface area (Å²) < 4.78 is 34.7. The molecular weight excluding hydrogens is 408 g/mol. The van der Waals surface area contributed by atoms with Crippen LogP contribution < -0.4 is 19.9 Å². The molecule has 2 aromatic carbocycles. The lowest BCUT2D eigenvalue weighted by Gasteiger charge is -2.17. The van der Waals surface area contributed by atoms with Gasteiger partial charge in [-0.15, -0.1) is 0 Å². The van der Waals surface area contributed by atoms with Crippen molar-refractivity contribution in [3.05, 3.63) is 46.4 Å². The fraction of sp³-hybridized carbons (Fsp3) is 0.294. The number of rotatable bonds is 8. The maximum atomic E-state index is 11.3. The van der Waals surface area contributed by atoms with E-state index in [1.165, 1.54) is 12.1 Å². The number of hydrogen-bond donors (Lipinski definition) is 2. The van der Waals surface area contributed by atoms with Crippen molar-refractivity contribution >= 4 is 31.6 Å². The van der Waals surface area contributed by atoms with Crippen LogP contribution in [0.3, 0.4) is 0 Å². The van der Waals surface area contributed by atoms with E-state index >= 15 is 0 Å². The van der Waals surface area contributed by atoms with Gasteiger partial charge in [-0.3, -0.25) is 0 Å². The summed E-state index contributed by atoms with van der Waals surface area (Å²) in [5.74, 6) is 1.35. The second-order valence-corrected chi connectivity index (χ2v) is 7.74. The monoisotopic (exact) mass is 428 g/mol. The van der Waals surface area contributed by atoms with E-state index in [4.69, 9.17) is 14.6 Å². The molecular formula is C17H21BrN2O4S. The van der Waals surface area contributed by atoms with Crippen LogP contribution >= 0.6 is 15.9 Å². The number of sulfonamides is 1. The number of halogens is 1. The van der Waals surface area contributed by atoms with Gasteiger partial charge in [0.15, 0.2) is 11.5 Å². The highest BCUT2D eigenvalue weighted by molar-refractivity contribution is 9.10. The van der Waals surface area contributed by atoms with Crippen LogP contribution in [0.2, 0.25) is 0 Å². The number of nitrogens with two attached hydrogens (primary N) is 1. The first-order valence-corrected chi connectivity index (χ1v) is 10.1. The molecule has 0 aliphatic rings. The van der Waals surface area contributed by atoms with Gasteiger partial charge < -0.3 is 14.8 Å². The molecule has 0 fully saturated rings. The molecule has 0 spiro atoms. The molecule has 0 bridgehead atoms. The van der Waals surface area contributed by atoms with E-state index in [1.807, 2.05) is 19.1 Å². The number of hydrogen-bond acceptors (Lipinski definition) is 5. The number of anilines is 1. The summed E-state index contributed by atoms with van der Waals surface area (Å²) in [5.41, 5.74) is 1.69. The van der Waals surface area contributed by atoms with E-state index in [9.17, 15) is 8.42 Å². The number of nitrogens with one attached hydrogen (secondary N) is 1. The maximum absolute atomic E-state index is 11.3. The fourth-order valence-corrected chi connectivity index (χ4v) is 3.19. The Hall–Kier alpha value is -1.77. The minimum atomic E-state index is -3.69. The van der Waals surface area contributed by atoms with Gasteiger partial charge in [0.05, 0.1) is 18.6 Å². The predicted molar refractivity (Wildman–Crippen MR) is 102 cm³/mol. The highest BCUT2D eigenvalue weighted by Crippen LogP contribution is 2.37. The maximum Gasteiger partial charge on any atom is 0.238 e. The Morgan fingerprint density at radius 2 is 1.84 bits per heavy atom. The number of primary sulfonamides is 1. The summed E-state index contributed by atoms with van der Waals surface area (Å²) in [6, 6.07) is 10.0. The number of methoxy groups -OCH3 is 1. The van der Waals surface area contributed by atoms with Crippen molar-refractivity contribution in [2.24, 2.45) is 5.14 Å². The van der Waals surface area contributed by atoms with Gasteiger partial charge in [0, 0.05) is 22.3 Å². The van der Waals surface area contributed by atoms with Gasteiger partial charge in [-0.2, -0.15) is 0 Å². The Balaban J connectivity index is 2.22. The predicted octanol–water partition coefficient (Wildman–Crippen LogP) is 3.51. The van der Waals surface area contributed by atoms with Crippen molar-refractivity contribution in [1.82, 2.24) is 0 Å². The molecule has 2 rings (SSSR count). The third-order valence-electron chi connectivity index (χ3n) is 3.49. The summed E-state index contributed by atoms with van der Waals surface area (Å²) in [4.78, 5) is 0.0765. The minimum absolute atomic E-state index is 0.0765. The van der Waals surface area contributed by atoms with Crippen LogP contribution in [-0.4, -0.2) is 22.1 Å². The highest BCUT2D eigenvalue weighted by atomic mass is 79.9. The third-order valence-corrected chi connectivity index (χ3v) is 5.16. The molecule has 0 saturated heterocycles. The smallest absolute Gasteiger partial charge is 0.238 e. The molecule has 0 atom stereocenters. The summed E-state index contributed by atoms with van der Waals surface area (Å²) >= 11 is 3.54. The van der Waals surface area contributed by atoms with Crippen molar-refractivity contribution in [1.29, 1.82) is 0 Å². The van der Waals surface area contributed by atoms with Crippen LogP contribution in [0.5, 0.6) is 11.5 Å². The topological polar surface area (TPSA) is 90.7 Å². The van der Waals surface area contributed by atoms with Gasteiger partial charge >= 0.3 is 0 Å². The van der Waals surface area contributed by atoms with E-state index in [2.05, 4.69) is 21.2 Å². The largest absolute Gasteiger partial charge is 0.493 e. The zero-order valence-electron chi connectivity index (χ0n) is 14.1. The Kier molecular flexibility index (Phi) is 6.69. The van der Waals surface area contributed by atoms with E-state index in [1.54, 1.807) is 19.2 Å². The first-order valence-electron chi connectivity index (χ1n) is 7.71. The van der Waals surface area contributed by atoms with Gasteiger partial charge in [0.1, 0.15) is 0 Å². The summed E-state index contributed by atoms with van der Waals surface area (Å²) in [6.45, 7) is 3.10. The Labute approximate surface area is 156 Å². The molecule has 0 radical (unpaired) electrons. The Morgan fingerprint density at radius 1 is 1.16 bits per heavy atom. The molecule has 0 heterocycles. The minimum Gasteiger partial charge on any atom is -0.493 e. The fourth-order valence-electron chi connectivity index (χ4n) is 2.22. The third kappa shape index (κ3) is 5.10. The summed E-state index contributed by atoms with van der Waals surface area (Å²) in [6.07, 6.45) is 0.886. The van der Waals surface area contributed by atoms with E-state index in [0.717, 1.165) is 22.1 Å². The van der Waals surface area contributed by atoms with Crippen LogP contribution in [0.25, 0.3) is 0 Å². The molecule has 6 nitrogen and oxygen atoms in total. The van der Waals surface area contributed by atoms with E-state index < -0.39 is 10.0 Å². The molecule has 0 aliphatic heterocycles. The lowest BCUT2D eigenvalue weighted by molar-refractivity contribution is 0.291. The van der Waals surface area contributed by atoms with Crippen LogP contribution in [-0.2, 0) is 16.6 Å². The Morgan fingerprint density at radius 3 is 2.40 bits per heavy atom. The summed E-state index contributed by atoms with van der Waals surface area (Å²) in [5, 5.41) is 8.35. The zero-order chi connectivity index (χ0) is 18.4. The quantitative estimate of drug-likeness (QED) is 0.670. The van der Waals surface area contributed by atoms with Crippen LogP contribution in [0.4, 0.5) is 5.69 Å². The standard InChI is InChI=1S/C17H21BrN2O4S/c1-3-10-24-17-14(15(18)8-9-16(17)23-2)11-20-12-4-6-13(7-5-12)25(19,21)22/h4-9,20H,3,10-11H2,1-2H3,(H2,19,21,22).